The summed E-state index contributed by atoms with van der Waals surface area (Å²) in [6.07, 6.45) is 2.43. The Morgan fingerprint density at radius 2 is 1.76 bits per heavy atom. The number of likely N-dealkylation sites (tertiary alicyclic amines) is 1. The number of aryl methyl sites for hydroxylation is 1. The van der Waals surface area contributed by atoms with Crippen molar-refractivity contribution in [3.05, 3.63) is 29.8 Å². The van der Waals surface area contributed by atoms with E-state index in [0.717, 1.165) is 12.2 Å². The van der Waals surface area contributed by atoms with E-state index in [0.29, 0.717) is 39.0 Å². The monoisotopic (exact) mass is 347 g/mol. The van der Waals surface area contributed by atoms with E-state index in [1.54, 1.807) is 0 Å². The van der Waals surface area contributed by atoms with Crippen molar-refractivity contribution in [1.82, 2.24) is 4.90 Å². The van der Waals surface area contributed by atoms with Crippen LogP contribution in [0.4, 0.5) is 0 Å². The van der Waals surface area contributed by atoms with E-state index in [9.17, 15) is 9.59 Å². The molecule has 25 heavy (non-hydrogen) atoms. The quantitative estimate of drug-likeness (QED) is 0.711. The van der Waals surface area contributed by atoms with Crippen LogP contribution in [-0.4, -0.2) is 42.6 Å². The maximum atomic E-state index is 12.7. The molecule has 1 aliphatic rings. The van der Waals surface area contributed by atoms with Crippen LogP contribution < -0.4 is 4.74 Å². The lowest BCUT2D eigenvalue weighted by molar-refractivity contribution is -0.152. The number of carbonyl (C=O) groups is 2. The number of piperidine rings is 1. The SMILES string of the molecule is CCOC(=O)C1CCN(C(=O)[C@H](CC)Oc2ccc(CC)cc2)CC1. The lowest BCUT2D eigenvalue weighted by atomic mass is 9.96. The van der Waals surface area contributed by atoms with Crippen LogP contribution in [0.2, 0.25) is 0 Å². The first-order valence-corrected chi connectivity index (χ1v) is 9.30. The molecule has 0 spiro atoms. The average Bonchev–Trinajstić information content (AvgIpc) is 2.66. The molecule has 1 atom stereocenters. The predicted octanol–water partition coefficient (Wildman–Crippen LogP) is 3.21. The van der Waals surface area contributed by atoms with Gasteiger partial charge in [0.2, 0.25) is 0 Å². The van der Waals surface area contributed by atoms with E-state index in [1.807, 2.05) is 43.0 Å². The van der Waals surface area contributed by atoms with E-state index in [1.165, 1.54) is 5.56 Å². The topological polar surface area (TPSA) is 55.8 Å². The molecule has 0 unspecified atom stereocenters. The molecular formula is C20H29NO4. The van der Waals surface area contributed by atoms with Gasteiger partial charge in [0, 0.05) is 13.1 Å². The molecule has 0 aliphatic carbocycles. The van der Waals surface area contributed by atoms with E-state index in [4.69, 9.17) is 9.47 Å². The van der Waals surface area contributed by atoms with E-state index < -0.39 is 6.10 Å². The number of rotatable bonds is 7. The van der Waals surface area contributed by atoms with Crippen LogP contribution >= 0.6 is 0 Å². The van der Waals surface area contributed by atoms with Gasteiger partial charge < -0.3 is 14.4 Å². The smallest absolute Gasteiger partial charge is 0.309 e. The molecule has 138 valence electrons. The van der Waals surface area contributed by atoms with Gasteiger partial charge in [0.1, 0.15) is 5.75 Å². The Labute approximate surface area is 150 Å². The third-order valence-electron chi connectivity index (χ3n) is 4.68. The van der Waals surface area contributed by atoms with E-state index in [-0.39, 0.29) is 17.8 Å². The summed E-state index contributed by atoms with van der Waals surface area (Å²) < 4.78 is 11.0. The first-order chi connectivity index (χ1) is 12.1. The second-order valence-electron chi connectivity index (χ2n) is 6.36. The molecule has 2 rings (SSSR count). The van der Waals surface area contributed by atoms with E-state index >= 15 is 0 Å². The van der Waals surface area contributed by atoms with Gasteiger partial charge in [-0.05, 0) is 50.3 Å². The molecular weight excluding hydrogens is 318 g/mol. The highest BCUT2D eigenvalue weighted by atomic mass is 16.5. The zero-order chi connectivity index (χ0) is 18.2. The third kappa shape index (κ3) is 5.21. The average molecular weight is 347 g/mol. The summed E-state index contributed by atoms with van der Waals surface area (Å²) in [5, 5.41) is 0. The van der Waals surface area contributed by atoms with Gasteiger partial charge >= 0.3 is 5.97 Å². The van der Waals surface area contributed by atoms with Gasteiger partial charge in [0.15, 0.2) is 6.10 Å². The molecule has 0 bridgehead atoms. The summed E-state index contributed by atoms with van der Waals surface area (Å²) >= 11 is 0. The summed E-state index contributed by atoms with van der Waals surface area (Å²) in [7, 11) is 0. The lowest BCUT2D eigenvalue weighted by Crippen LogP contribution is -2.46. The molecule has 0 saturated carbocycles. The third-order valence-corrected chi connectivity index (χ3v) is 4.68. The fourth-order valence-electron chi connectivity index (χ4n) is 3.08. The van der Waals surface area contributed by atoms with Crippen molar-refractivity contribution in [2.75, 3.05) is 19.7 Å². The number of amides is 1. The number of carbonyl (C=O) groups excluding carboxylic acids is 2. The lowest BCUT2D eigenvalue weighted by Gasteiger charge is -2.33. The van der Waals surface area contributed by atoms with Crippen LogP contribution in [0.3, 0.4) is 0 Å². The van der Waals surface area contributed by atoms with Crippen LogP contribution in [0.15, 0.2) is 24.3 Å². The zero-order valence-electron chi connectivity index (χ0n) is 15.5. The Balaban J connectivity index is 1.90. The number of benzene rings is 1. The van der Waals surface area contributed by atoms with Crippen LogP contribution in [0.1, 0.15) is 45.6 Å². The maximum Gasteiger partial charge on any atom is 0.309 e. The van der Waals surface area contributed by atoms with Gasteiger partial charge in [-0.25, -0.2) is 0 Å². The first kappa shape index (κ1) is 19.3. The van der Waals surface area contributed by atoms with Crippen molar-refractivity contribution in [2.45, 2.75) is 52.6 Å². The Bertz CT molecular complexity index is 562. The van der Waals surface area contributed by atoms with Gasteiger partial charge in [-0.2, -0.15) is 0 Å². The first-order valence-electron chi connectivity index (χ1n) is 9.30. The number of hydrogen-bond acceptors (Lipinski definition) is 4. The molecule has 1 fully saturated rings. The summed E-state index contributed by atoms with van der Waals surface area (Å²) in [4.78, 5) is 26.4. The molecule has 5 heteroatoms. The van der Waals surface area contributed by atoms with Crippen LogP contribution in [0, 0.1) is 5.92 Å². The highest BCUT2D eigenvalue weighted by Gasteiger charge is 2.31. The second kappa shape index (κ2) is 9.44. The van der Waals surface area contributed by atoms with Crippen molar-refractivity contribution in [3.8, 4) is 5.75 Å². The maximum absolute atomic E-state index is 12.7. The Hall–Kier alpha value is -2.04. The zero-order valence-corrected chi connectivity index (χ0v) is 15.5. The molecule has 0 N–H and O–H groups in total. The fourth-order valence-corrected chi connectivity index (χ4v) is 3.08. The number of hydrogen-bond donors (Lipinski definition) is 0. The van der Waals surface area contributed by atoms with Gasteiger partial charge in [0.25, 0.3) is 5.91 Å². The molecule has 1 heterocycles. The molecule has 1 aromatic rings. The van der Waals surface area contributed by atoms with Gasteiger partial charge in [-0.15, -0.1) is 0 Å². The Kier molecular flexibility index (Phi) is 7.29. The molecule has 0 radical (unpaired) electrons. The van der Waals surface area contributed by atoms with Crippen molar-refractivity contribution >= 4 is 11.9 Å². The minimum atomic E-state index is -0.480. The minimum Gasteiger partial charge on any atom is -0.481 e. The van der Waals surface area contributed by atoms with Crippen molar-refractivity contribution < 1.29 is 19.1 Å². The molecule has 1 amide bonds. The van der Waals surface area contributed by atoms with Crippen molar-refractivity contribution in [3.63, 3.8) is 0 Å². The standard InChI is InChI=1S/C20H29NO4/c1-4-15-7-9-17(10-8-15)25-18(5-2)19(22)21-13-11-16(12-14-21)20(23)24-6-3/h7-10,16,18H,4-6,11-14H2,1-3H3/t18-/m0/s1. The molecule has 1 saturated heterocycles. The van der Waals surface area contributed by atoms with E-state index in [2.05, 4.69) is 6.92 Å². The molecule has 5 nitrogen and oxygen atoms in total. The molecule has 1 aliphatic heterocycles. The molecule has 0 aromatic heterocycles. The largest absolute Gasteiger partial charge is 0.481 e. The summed E-state index contributed by atoms with van der Waals surface area (Å²) in [6, 6.07) is 7.89. The number of esters is 1. The number of ether oxygens (including phenoxy) is 2. The van der Waals surface area contributed by atoms with Gasteiger partial charge in [-0.1, -0.05) is 26.0 Å². The van der Waals surface area contributed by atoms with Crippen LogP contribution in [0.5, 0.6) is 5.75 Å². The predicted molar refractivity (Wildman–Crippen MR) is 96.5 cm³/mol. The minimum absolute atomic E-state index is 0.00405. The Morgan fingerprint density at radius 1 is 1.12 bits per heavy atom. The second-order valence-corrected chi connectivity index (χ2v) is 6.36. The highest BCUT2D eigenvalue weighted by Crippen LogP contribution is 2.21. The van der Waals surface area contributed by atoms with Crippen molar-refractivity contribution in [1.29, 1.82) is 0 Å². The Morgan fingerprint density at radius 3 is 2.28 bits per heavy atom. The number of nitrogens with zero attached hydrogens (tertiary/aromatic N) is 1. The summed E-state index contributed by atoms with van der Waals surface area (Å²) in [5.41, 5.74) is 1.24. The van der Waals surface area contributed by atoms with Crippen molar-refractivity contribution in [2.24, 2.45) is 5.92 Å². The fraction of sp³-hybridized carbons (Fsp3) is 0.600. The normalized spacial score (nSPS) is 16.4. The summed E-state index contributed by atoms with van der Waals surface area (Å²) in [6.45, 7) is 7.43. The molecule has 1 aromatic carbocycles. The highest BCUT2D eigenvalue weighted by molar-refractivity contribution is 5.81. The summed E-state index contributed by atoms with van der Waals surface area (Å²) in [5.74, 6) is 0.490. The van der Waals surface area contributed by atoms with Gasteiger partial charge in [0.05, 0.1) is 12.5 Å². The van der Waals surface area contributed by atoms with Crippen LogP contribution in [-0.2, 0) is 20.7 Å². The van der Waals surface area contributed by atoms with Gasteiger partial charge in [-0.3, -0.25) is 9.59 Å². The van der Waals surface area contributed by atoms with Crippen LogP contribution in [0.25, 0.3) is 0 Å².